The Morgan fingerprint density at radius 2 is 2.04 bits per heavy atom. The number of carbonyl (C=O) groups excluding carboxylic acids is 1. The van der Waals surface area contributed by atoms with Gasteiger partial charge in [-0.2, -0.15) is 5.10 Å². The van der Waals surface area contributed by atoms with Crippen LogP contribution in [0.25, 0.3) is 10.6 Å². The zero-order valence-electron chi connectivity index (χ0n) is 13.5. The lowest BCUT2D eigenvalue weighted by atomic mass is 9.75. The van der Waals surface area contributed by atoms with Crippen LogP contribution >= 0.6 is 11.3 Å². The molecule has 4 N–H and O–H groups in total. The van der Waals surface area contributed by atoms with Gasteiger partial charge in [-0.15, -0.1) is 11.3 Å². The molecule has 2 fully saturated rings. The molecule has 4 atom stereocenters. The van der Waals surface area contributed by atoms with Crippen molar-refractivity contribution in [2.45, 2.75) is 24.9 Å². The van der Waals surface area contributed by atoms with E-state index >= 15 is 0 Å². The van der Waals surface area contributed by atoms with Crippen molar-refractivity contribution in [2.75, 3.05) is 11.5 Å². The van der Waals surface area contributed by atoms with Crippen LogP contribution in [0.4, 0.5) is 0 Å². The average Bonchev–Trinajstić information content (AvgIpc) is 3.17. The molecule has 1 saturated carbocycles. The minimum Gasteiger partial charge on any atom is -0.347 e. The maximum Gasteiger partial charge on any atom is 0.272 e. The fourth-order valence-electron chi connectivity index (χ4n) is 4.07. The first kappa shape index (κ1) is 16.7. The van der Waals surface area contributed by atoms with Crippen LogP contribution in [0.1, 0.15) is 23.3 Å². The molecule has 1 amide bonds. The van der Waals surface area contributed by atoms with Crippen LogP contribution in [0.2, 0.25) is 0 Å². The second-order valence-electron chi connectivity index (χ2n) is 6.97. The predicted octanol–water partition coefficient (Wildman–Crippen LogP) is 1.02. The summed E-state index contributed by atoms with van der Waals surface area (Å²) in [6.45, 7) is 0. The van der Waals surface area contributed by atoms with E-state index in [1.807, 2.05) is 17.5 Å². The smallest absolute Gasteiger partial charge is 0.272 e. The van der Waals surface area contributed by atoms with Gasteiger partial charge in [0.15, 0.2) is 15.5 Å². The van der Waals surface area contributed by atoms with Crippen LogP contribution in [-0.2, 0) is 9.84 Å². The third kappa shape index (κ3) is 3.36. The molecule has 2 bridgehead atoms. The number of fused-ring (bicyclic) bond motifs is 2. The maximum absolute atomic E-state index is 12.6. The highest BCUT2D eigenvalue weighted by molar-refractivity contribution is 7.91. The number of thiophene rings is 1. The molecule has 2 aromatic rings. The molecule has 0 spiro atoms. The molecule has 25 heavy (non-hydrogen) atoms. The van der Waals surface area contributed by atoms with E-state index < -0.39 is 9.84 Å². The highest BCUT2D eigenvalue weighted by Crippen LogP contribution is 2.36. The monoisotopic (exact) mass is 380 g/mol. The number of H-pyrrole nitrogens is 1. The van der Waals surface area contributed by atoms with E-state index in [9.17, 15) is 13.2 Å². The molecule has 3 heterocycles. The number of amides is 1. The fourth-order valence-corrected chi connectivity index (χ4v) is 6.89. The van der Waals surface area contributed by atoms with E-state index in [0.29, 0.717) is 18.5 Å². The van der Waals surface area contributed by atoms with Gasteiger partial charge in [0.2, 0.25) is 0 Å². The Kier molecular flexibility index (Phi) is 4.17. The van der Waals surface area contributed by atoms with Crippen LogP contribution in [0.15, 0.2) is 23.6 Å². The summed E-state index contributed by atoms with van der Waals surface area (Å²) >= 11 is 1.57. The van der Waals surface area contributed by atoms with Crippen molar-refractivity contribution in [1.29, 1.82) is 0 Å². The normalized spacial score (nSPS) is 30.8. The Balaban J connectivity index is 1.51. The maximum atomic E-state index is 12.6. The number of rotatable bonds is 3. The van der Waals surface area contributed by atoms with Gasteiger partial charge in [0.05, 0.1) is 22.1 Å². The first-order chi connectivity index (χ1) is 11.9. The van der Waals surface area contributed by atoms with E-state index in [0.717, 1.165) is 10.6 Å². The zero-order valence-corrected chi connectivity index (χ0v) is 15.1. The molecule has 2 aliphatic rings. The molecular formula is C16H20N4O3S2. The molecule has 1 saturated heterocycles. The van der Waals surface area contributed by atoms with Crippen molar-refractivity contribution in [3.63, 3.8) is 0 Å². The van der Waals surface area contributed by atoms with Crippen LogP contribution in [-0.4, -0.2) is 48.1 Å². The molecule has 0 aromatic carbocycles. The van der Waals surface area contributed by atoms with Crippen molar-refractivity contribution in [3.8, 4) is 10.6 Å². The van der Waals surface area contributed by atoms with Crippen molar-refractivity contribution < 1.29 is 13.2 Å². The first-order valence-corrected chi connectivity index (χ1v) is 11.0. The minimum absolute atomic E-state index is 0.00877. The van der Waals surface area contributed by atoms with Gasteiger partial charge in [-0.05, 0) is 42.2 Å². The average molecular weight is 380 g/mol. The molecule has 9 heteroatoms. The number of nitrogens with one attached hydrogen (secondary N) is 2. The second-order valence-corrected chi connectivity index (χ2v) is 10.1. The third-order valence-corrected chi connectivity index (χ3v) is 7.83. The Labute approximate surface area is 149 Å². The summed E-state index contributed by atoms with van der Waals surface area (Å²) in [7, 11) is -3.05. The summed E-state index contributed by atoms with van der Waals surface area (Å²) in [5.41, 5.74) is 7.17. The minimum atomic E-state index is -3.05. The van der Waals surface area contributed by atoms with Gasteiger partial charge in [-0.1, -0.05) is 6.07 Å². The zero-order chi connectivity index (χ0) is 17.6. The number of carbonyl (C=O) groups is 1. The van der Waals surface area contributed by atoms with Crippen LogP contribution in [0.5, 0.6) is 0 Å². The van der Waals surface area contributed by atoms with E-state index in [1.165, 1.54) is 0 Å². The van der Waals surface area contributed by atoms with Gasteiger partial charge in [0, 0.05) is 12.1 Å². The summed E-state index contributed by atoms with van der Waals surface area (Å²) in [6.07, 6.45) is 1.25. The van der Waals surface area contributed by atoms with Crippen molar-refractivity contribution >= 4 is 27.1 Å². The summed E-state index contributed by atoms with van der Waals surface area (Å²) in [5, 5.41) is 12.0. The Morgan fingerprint density at radius 1 is 1.32 bits per heavy atom. The quantitative estimate of drug-likeness (QED) is 0.735. The number of nitrogens with zero attached hydrogens (tertiary/aromatic N) is 1. The fraction of sp³-hybridized carbons (Fsp3) is 0.500. The van der Waals surface area contributed by atoms with Gasteiger partial charge in [-0.25, -0.2) is 8.42 Å². The standard InChI is InChI=1S/C16H20N4O3S2/c17-11-4-9-7-25(22,23)8-10(5-11)15(9)18-16(21)13-6-12(19-20-13)14-2-1-3-24-14/h1-3,6,9-11,15H,4-5,7-8,17H2,(H,18,21)(H,19,20)/t9-,10+,11?,15?. The number of aromatic amines is 1. The summed E-state index contributed by atoms with van der Waals surface area (Å²) in [4.78, 5) is 13.6. The predicted molar refractivity (Wildman–Crippen MR) is 96.0 cm³/mol. The summed E-state index contributed by atoms with van der Waals surface area (Å²) < 4.78 is 24.1. The van der Waals surface area contributed by atoms with Crippen LogP contribution in [0, 0.1) is 11.8 Å². The molecule has 1 aliphatic heterocycles. The Hall–Kier alpha value is -1.71. The molecule has 2 unspecified atom stereocenters. The molecule has 134 valence electrons. The lowest BCUT2D eigenvalue weighted by Crippen LogP contribution is -2.58. The number of nitrogens with two attached hydrogens (primary N) is 1. The lowest BCUT2D eigenvalue weighted by molar-refractivity contribution is 0.0861. The van der Waals surface area contributed by atoms with E-state index in [4.69, 9.17) is 5.73 Å². The summed E-state index contributed by atoms with van der Waals surface area (Å²) in [6, 6.07) is 5.47. The van der Waals surface area contributed by atoms with Gasteiger partial charge in [0.25, 0.3) is 5.91 Å². The SMILES string of the molecule is NC1C[C@@H]2CS(=O)(=O)C[C@H](C1)C2NC(=O)c1cc(-c2cccs2)[nH]n1. The van der Waals surface area contributed by atoms with Gasteiger partial charge < -0.3 is 11.1 Å². The number of aromatic nitrogens is 2. The Bertz CT molecular complexity index is 853. The molecule has 1 aliphatic carbocycles. The highest BCUT2D eigenvalue weighted by atomic mass is 32.2. The Morgan fingerprint density at radius 3 is 2.68 bits per heavy atom. The van der Waals surface area contributed by atoms with E-state index in [1.54, 1.807) is 17.4 Å². The highest BCUT2D eigenvalue weighted by Gasteiger charge is 2.45. The van der Waals surface area contributed by atoms with E-state index in [-0.39, 0.29) is 41.3 Å². The molecule has 0 radical (unpaired) electrons. The molecular weight excluding hydrogens is 360 g/mol. The largest absolute Gasteiger partial charge is 0.347 e. The lowest BCUT2D eigenvalue weighted by Gasteiger charge is -2.44. The van der Waals surface area contributed by atoms with E-state index in [2.05, 4.69) is 15.5 Å². The van der Waals surface area contributed by atoms with Crippen LogP contribution < -0.4 is 11.1 Å². The van der Waals surface area contributed by atoms with Crippen LogP contribution in [0.3, 0.4) is 0 Å². The molecule has 2 aromatic heterocycles. The van der Waals surface area contributed by atoms with Crippen molar-refractivity contribution in [1.82, 2.24) is 15.5 Å². The van der Waals surface area contributed by atoms with Crippen molar-refractivity contribution in [2.24, 2.45) is 17.6 Å². The molecule has 4 rings (SSSR count). The van der Waals surface area contributed by atoms with Gasteiger partial charge >= 0.3 is 0 Å². The second kappa shape index (κ2) is 6.22. The van der Waals surface area contributed by atoms with Gasteiger partial charge in [-0.3, -0.25) is 9.89 Å². The topological polar surface area (TPSA) is 118 Å². The summed E-state index contributed by atoms with van der Waals surface area (Å²) in [5.74, 6) is -0.306. The van der Waals surface area contributed by atoms with Gasteiger partial charge in [0.1, 0.15) is 0 Å². The number of sulfone groups is 1. The first-order valence-electron chi connectivity index (χ1n) is 8.27. The van der Waals surface area contributed by atoms with Crippen molar-refractivity contribution in [3.05, 3.63) is 29.3 Å². The number of hydrogen-bond donors (Lipinski definition) is 3. The molecule has 7 nitrogen and oxygen atoms in total. The number of hydrogen-bond acceptors (Lipinski definition) is 6. The third-order valence-electron chi connectivity index (χ3n) is 5.06.